The van der Waals surface area contributed by atoms with Crippen LogP contribution in [0.5, 0.6) is 0 Å². The number of benzene rings is 1. The van der Waals surface area contributed by atoms with E-state index in [9.17, 15) is 4.79 Å². The van der Waals surface area contributed by atoms with Crippen LogP contribution < -0.4 is 5.32 Å². The van der Waals surface area contributed by atoms with Crippen molar-refractivity contribution in [1.82, 2.24) is 10.2 Å². The smallest absolute Gasteiger partial charge is 0.258 e. The van der Waals surface area contributed by atoms with E-state index < -0.39 is 0 Å². The van der Waals surface area contributed by atoms with Gasteiger partial charge in [0.1, 0.15) is 0 Å². The van der Waals surface area contributed by atoms with Gasteiger partial charge in [-0.25, -0.2) is 0 Å². The summed E-state index contributed by atoms with van der Waals surface area (Å²) in [6.45, 7) is 3.07. The Morgan fingerprint density at radius 2 is 2.20 bits per heavy atom. The molecule has 0 aliphatic carbocycles. The van der Waals surface area contributed by atoms with Crippen LogP contribution in [-0.4, -0.2) is 28.5 Å². The summed E-state index contributed by atoms with van der Waals surface area (Å²) >= 11 is 11.4. The molecule has 1 saturated heterocycles. The van der Waals surface area contributed by atoms with Crippen molar-refractivity contribution in [3.05, 3.63) is 34.9 Å². The number of rotatable bonds is 2. The van der Waals surface area contributed by atoms with Gasteiger partial charge in [-0.15, -0.1) is 0 Å². The predicted molar refractivity (Wildman–Crippen MR) is 86.2 cm³/mol. The Bertz CT molecular complexity index is 506. The Morgan fingerprint density at radius 1 is 1.45 bits per heavy atom. The van der Waals surface area contributed by atoms with E-state index in [1.807, 2.05) is 0 Å². The van der Waals surface area contributed by atoms with Crippen LogP contribution in [0, 0.1) is 0 Å². The largest absolute Gasteiger partial charge is 0.346 e. The lowest BCUT2D eigenvalue weighted by Crippen LogP contribution is -2.49. The second-order valence-corrected chi connectivity index (χ2v) is 5.78. The molecule has 108 valence electrons. The zero-order valence-electron chi connectivity index (χ0n) is 11.6. The average molecular weight is 311 g/mol. The van der Waals surface area contributed by atoms with Gasteiger partial charge in [0.2, 0.25) is 0 Å². The maximum absolute atomic E-state index is 12.2. The number of nitrogens with zero attached hydrogens (tertiary/aromatic N) is 1. The second-order valence-electron chi connectivity index (χ2n) is 4.99. The zero-order valence-corrected chi connectivity index (χ0v) is 13.1. The number of halogens is 1. The van der Waals surface area contributed by atoms with Gasteiger partial charge in [0.15, 0.2) is 5.11 Å². The van der Waals surface area contributed by atoms with Crippen molar-refractivity contribution in [2.45, 2.75) is 38.6 Å². The normalized spacial score (nSPS) is 18.7. The van der Waals surface area contributed by atoms with Gasteiger partial charge in [0.25, 0.3) is 5.91 Å². The van der Waals surface area contributed by atoms with Gasteiger partial charge in [-0.3, -0.25) is 10.1 Å². The minimum absolute atomic E-state index is 0.235. The van der Waals surface area contributed by atoms with E-state index in [4.69, 9.17) is 23.8 Å². The van der Waals surface area contributed by atoms with Crippen molar-refractivity contribution in [1.29, 1.82) is 0 Å². The molecule has 1 amide bonds. The molecule has 1 N–H and O–H groups in total. The molecule has 0 spiro atoms. The van der Waals surface area contributed by atoms with Gasteiger partial charge in [-0.05, 0) is 50.0 Å². The maximum atomic E-state index is 12.2. The Kier molecular flexibility index (Phi) is 5.38. The summed E-state index contributed by atoms with van der Waals surface area (Å²) in [5.74, 6) is -0.235. The van der Waals surface area contributed by atoms with Crippen LogP contribution in [0.4, 0.5) is 0 Å². The summed E-state index contributed by atoms with van der Waals surface area (Å²) in [7, 11) is 0. The molecule has 1 heterocycles. The fourth-order valence-electron chi connectivity index (χ4n) is 2.57. The molecule has 1 fully saturated rings. The fraction of sp³-hybridized carbons (Fsp3) is 0.467. The third-order valence-corrected chi connectivity index (χ3v) is 4.36. The molecule has 1 aliphatic rings. The summed E-state index contributed by atoms with van der Waals surface area (Å²) in [4.78, 5) is 14.3. The molecule has 0 radical (unpaired) electrons. The molecule has 5 heteroatoms. The van der Waals surface area contributed by atoms with Gasteiger partial charge < -0.3 is 4.90 Å². The standard InChI is InChI=1S/C15H19ClN2OS/c1-2-11-7-5-6-10-18(11)15(20)17-14(19)12-8-3-4-9-13(12)16/h3-4,8-9,11H,2,5-7,10H2,1H3,(H,17,19,20)/t11-/m0/s1. The molecule has 2 rings (SSSR count). The van der Waals surface area contributed by atoms with Crippen LogP contribution in [0.25, 0.3) is 0 Å². The number of hydrogen-bond donors (Lipinski definition) is 1. The summed E-state index contributed by atoms with van der Waals surface area (Å²) in [5.41, 5.74) is 0.460. The zero-order chi connectivity index (χ0) is 14.5. The first-order chi connectivity index (χ1) is 9.63. The highest BCUT2D eigenvalue weighted by molar-refractivity contribution is 7.80. The molecule has 1 aromatic rings. The SMILES string of the molecule is CC[C@H]1CCCCN1C(=S)NC(=O)c1ccccc1Cl. The average Bonchev–Trinajstić information content (AvgIpc) is 2.47. The number of thiocarbonyl (C=S) groups is 1. The quantitative estimate of drug-likeness (QED) is 0.847. The lowest BCUT2D eigenvalue weighted by atomic mass is 10.0. The van der Waals surface area contributed by atoms with Crippen molar-refractivity contribution >= 4 is 34.8 Å². The van der Waals surface area contributed by atoms with Gasteiger partial charge >= 0.3 is 0 Å². The highest BCUT2D eigenvalue weighted by Crippen LogP contribution is 2.20. The minimum Gasteiger partial charge on any atom is -0.346 e. The molecule has 0 aromatic heterocycles. The van der Waals surface area contributed by atoms with Gasteiger partial charge in [0.05, 0.1) is 10.6 Å². The van der Waals surface area contributed by atoms with E-state index in [2.05, 4.69) is 17.1 Å². The van der Waals surface area contributed by atoms with E-state index in [0.29, 0.717) is 21.7 Å². The van der Waals surface area contributed by atoms with Gasteiger partial charge in [-0.2, -0.15) is 0 Å². The van der Waals surface area contributed by atoms with Crippen LogP contribution in [0.2, 0.25) is 5.02 Å². The Morgan fingerprint density at radius 3 is 2.90 bits per heavy atom. The van der Waals surface area contributed by atoms with Crippen molar-refractivity contribution in [2.75, 3.05) is 6.54 Å². The highest BCUT2D eigenvalue weighted by atomic mass is 35.5. The molecule has 0 unspecified atom stereocenters. The predicted octanol–water partition coefficient (Wildman–Crippen LogP) is 3.62. The fourth-order valence-corrected chi connectivity index (χ4v) is 3.13. The molecule has 1 aliphatic heterocycles. The van der Waals surface area contributed by atoms with Gasteiger partial charge in [0, 0.05) is 12.6 Å². The molecule has 1 aromatic carbocycles. The van der Waals surface area contributed by atoms with Crippen LogP contribution in [0.15, 0.2) is 24.3 Å². The van der Waals surface area contributed by atoms with E-state index >= 15 is 0 Å². The highest BCUT2D eigenvalue weighted by Gasteiger charge is 2.24. The number of piperidine rings is 1. The lowest BCUT2D eigenvalue weighted by Gasteiger charge is -2.37. The third-order valence-electron chi connectivity index (χ3n) is 3.70. The topological polar surface area (TPSA) is 32.3 Å². The summed E-state index contributed by atoms with van der Waals surface area (Å²) in [5, 5.41) is 3.76. The van der Waals surface area contributed by atoms with Crippen LogP contribution in [0.3, 0.4) is 0 Å². The van der Waals surface area contributed by atoms with Gasteiger partial charge in [-0.1, -0.05) is 30.7 Å². The number of amides is 1. The summed E-state index contributed by atoms with van der Waals surface area (Å²) in [6.07, 6.45) is 4.54. The van der Waals surface area contributed by atoms with E-state index in [0.717, 1.165) is 25.8 Å². The van der Waals surface area contributed by atoms with Crippen molar-refractivity contribution in [3.8, 4) is 0 Å². The molecule has 0 bridgehead atoms. The number of hydrogen-bond acceptors (Lipinski definition) is 2. The number of nitrogens with one attached hydrogen (secondary N) is 1. The number of carbonyl (C=O) groups is 1. The molecule has 20 heavy (non-hydrogen) atoms. The summed E-state index contributed by atoms with van der Waals surface area (Å²) < 4.78 is 0. The Hall–Kier alpha value is -1.13. The van der Waals surface area contributed by atoms with Crippen molar-refractivity contribution in [3.63, 3.8) is 0 Å². The van der Waals surface area contributed by atoms with Crippen LogP contribution in [0.1, 0.15) is 43.0 Å². The molecular formula is C15H19ClN2OS. The monoisotopic (exact) mass is 310 g/mol. The first-order valence-corrected chi connectivity index (χ1v) is 7.78. The molecule has 0 saturated carbocycles. The Balaban J connectivity index is 2.04. The minimum atomic E-state index is -0.235. The second kappa shape index (κ2) is 7.04. The first-order valence-electron chi connectivity index (χ1n) is 7.00. The molecule has 3 nitrogen and oxygen atoms in total. The van der Waals surface area contributed by atoms with E-state index in [1.54, 1.807) is 24.3 Å². The molecular weight excluding hydrogens is 292 g/mol. The van der Waals surface area contributed by atoms with E-state index in [-0.39, 0.29) is 5.91 Å². The summed E-state index contributed by atoms with van der Waals surface area (Å²) in [6, 6.07) is 7.43. The third kappa shape index (κ3) is 3.49. The molecule has 1 atom stereocenters. The van der Waals surface area contributed by atoms with Crippen molar-refractivity contribution in [2.24, 2.45) is 0 Å². The van der Waals surface area contributed by atoms with E-state index in [1.165, 1.54) is 6.42 Å². The number of likely N-dealkylation sites (tertiary alicyclic amines) is 1. The lowest BCUT2D eigenvalue weighted by molar-refractivity contribution is 0.0969. The van der Waals surface area contributed by atoms with Crippen LogP contribution in [-0.2, 0) is 0 Å². The van der Waals surface area contributed by atoms with Crippen molar-refractivity contribution < 1.29 is 4.79 Å². The maximum Gasteiger partial charge on any atom is 0.258 e. The van der Waals surface area contributed by atoms with Crippen LogP contribution >= 0.6 is 23.8 Å². The first kappa shape index (κ1) is 15.3. The number of carbonyl (C=O) groups excluding carboxylic acids is 1. The Labute approximate surface area is 130 Å².